The Kier molecular flexibility index (Phi) is 2.84. The van der Waals surface area contributed by atoms with Gasteiger partial charge in [0.15, 0.2) is 5.75 Å². The van der Waals surface area contributed by atoms with Crippen LogP contribution in [0.1, 0.15) is 12.8 Å². The van der Waals surface area contributed by atoms with Crippen molar-refractivity contribution in [1.82, 2.24) is 10.3 Å². The van der Waals surface area contributed by atoms with Gasteiger partial charge in [0.2, 0.25) is 0 Å². The van der Waals surface area contributed by atoms with Crippen molar-refractivity contribution in [3.8, 4) is 11.6 Å². The van der Waals surface area contributed by atoms with E-state index in [1.54, 1.807) is 18.3 Å². The molecule has 0 aliphatic carbocycles. The zero-order valence-corrected chi connectivity index (χ0v) is 7.94. The highest BCUT2D eigenvalue weighted by Crippen LogP contribution is 2.23. The Balaban J connectivity index is 1.99. The van der Waals surface area contributed by atoms with Crippen LogP contribution >= 0.6 is 0 Å². The lowest BCUT2D eigenvalue weighted by molar-refractivity contribution is 0.155. The number of hydrogen-bond donors (Lipinski definition) is 2. The Hall–Kier alpha value is -1.29. The van der Waals surface area contributed by atoms with E-state index < -0.39 is 0 Å². The van der Waals surface area contributed by atoms with Crippen LogP contribution in [0.15, 0.2) is 18.3 Å². The van der Waals surface area contributed by atoms with E-state index >= 15 is 0 Å². The fourth-order valence-electron chi connectivity index (χ4n) is 1.55. The summed E-state index contributed by atoms with van der Waals surface area (Å²) in [5, 5.41) is 12.7. The second-order valence-corrected chi connectivity index (χ2v) is 3.41. The van der Waals surface area contributed by atoms with E-state index in [1.165, 1.54) is 0 Å². The standard InChI is InChI=1S/C10H14N2O2/c13-9-4-2-6-12-10(9)14-8-3-1-5-11-7-8/h2,4,6,8,11,13H,1,3,5,7H2/t8-/m1/s1. The van der Waals surface area contributed by atoms with E-state index in [9.17, 15) is 5.11 Å². The first-order chi connectivity index (χ1) is 6.86. The first kappa shape index (κ1) is 9.27. The maximum absolute atomic E-state index is 9.43. The molecule has 1 aromatic heterocycles. The van der Waals surface area contributed by atoms with Crippen molar-refractivity contribution < 1.29 is 9.84 Å². The molecule has 0 unspecified atom stereocenters. The van der Waals surface area contributed by atoms with Crippen LogP contribution in [0.3, 0.4) is 0 Å². The molecule has 4 nitrogen and oxygen atoms in total. The van der Waals surface area contributed by atoms with Crippen LogP contribution in [0.2, 0.25) is 0 Å². The third-order valence-electron chi connectivity index (χ3n) is 2.28. The van der Waals surface area contributed by atoms with Crippen LogP contribution in [0.5, 0.6) is 11.6 Å². The molecule has 1 saturated heterocycles. The highest BCUT2D eigenvalue weighted by molar-refractivity contribution is 5.30. The predicted molar refractivity (Wildman–Crippen MR) is 52.4 cm³/mol. The predicted octanol–water partition coefficient (Wildman–Crippen LogP) is 0.918. The summed E-state index contributed by atoms with van der Waals surface area (Å²) < 4.78 is 5.56. The second kappa shape index (κ2) is 4.28. The quantitative estimate of drug-likeness (QED) is 0.735. The Morgan fingerprint density at radius 1 is 1.57 bits per heavy atom. The third kappa shape index (κ3) is 2.14. The normalized spacial score (nSPS) is 21.9. The number of piperidine rings is 1. The van der Waals surface area contributed by atoms with Gasteiger partial charge in [-0.15, -0.1) is 0 Å². The topological polar surface area (TPSA) is 54.4 Å². The van der Waals surface area contributed by atoms with Crippen molar-refractivity contribution in [1.29, 1.82) is 0 Å². The van der Waals surface area contributed by atoms with Crippen LogP contribution in [0.4, 0.5) is 0 Å². The average molecular weight is 194 g/mol. The number of ether oxygens (including phenoxy) is 1. The average Bonchev–Trinajstić information content (AvgIpc) is 2.23. The molecule has 0 saturated carbocycles. The highest BCUT2D eigenvalue weighted by Gasteiger charge is 2.16. The molecule has 2 N–H and O–H groups in total. The molecular weight excluding hydrogens is 180 g/mol. The number of nitrogens with one attached hydrogen (secondary N) is 1. The van der Waals surface area contributed by atoms with Crippen molar-refractivity contribution in [2.45, 2.75) is 18.9 Å². The fourth-order valence-corrected chi connectivity index (χ4v) is 1.55. The van der Waals surface area contributed by atoms with Crippen molar-refractivity contribution in [3.05, 3.63) is 18.3 Å². The molecule has 1 atom stereocenters. The molecule has 0 aromatic carbocycles. The Labute approximate surface area is 82.9 Å². The van der Waals surface area contributed by atoms with E-state index in [4.69, 9.17) is 4.74 Å². The summed E-state index contributed by atoms with van der Waals surface area (Å²) in [6.07, 6.45) is 3.87. The number of aromatic nitrogens is 1. The van der Waals surface area contributed by atoms with Crippen LogP contribution in [-0.2, 0) is 0 Å². The number of pyridine rings is 1. The van der Waals surface area contributed by atoms with E-state index in [0.717, 1.165) is 25.9 Å². The molecule has 0 amide bonds. The SMILES string of the molecule is Oc1cccnc1O[C@@H]1CCCNC1. The summed E-state index contributed by atoms with van der Waals surface area (Å²) >= 11 is 0. The van der Waals surface area contributed by atoms with Gasteiger partial charge in [-0.25, -0.2) is 4.98 Å². The third-order valence-corrected chi connectivity index (χ3v) is 2.28. The van der Waals surface area contributed by atoms with E-state index in [0.29, 0.717) is 5.88 Å². The molecule has 2 heterocycles. The van der Waals surface area contributed by atoms with Gasteiger partial charge in [-0.05, 0) is 31.5 Å². The van der Waals surface area contributed by atoms with Crippen molar-refractivity contribution in [3.63, 3.8) is 0 Å². The highest BCUT2D eigenvalue weighted by atomic mass is 16.5. The fraction of sp³-hybridized carbons (Fsp3) is 0.500. The lowest BCUT2D eigenvalue weighted by Gasteiger charge is -2.23. The molecular formula is C10H14N2O2. The summed E-state index contributed by atoms with van der Waals surface area (Å²) in [4.78, 5) is 3.97. The Morgan fingerprint density at radius 2 is 2.50 bits per heavy atom. The van der Waals surface area contributed by atoms with Gasteiger partial charge in [-0.3, -0.25) is 0 Å². The molecule has 4 heteroatoms. The molecule has 14 heavy (non-hydrogen) atoms. The van der Waals surface area contributed by atoms with Crippen LogP contribution in [0, 0.1) is 0 Å². The second-order valence-electron chi connectivity index (χ2n) is 3.41. The van der Waals surface area contributed by atoms with Gasteiger partial charge < -0.3 is 15.2 Å². The van der Waals surface area contributed by atoms with Crippen molar-refractivity contribution >= 4 is 0 Å². The van der Waals surface area contributed by atoms with Gasteiger partial charge >= 0.3 is 0 Å². The van der Waals surface area contributed by atoms with Gasteiger partial charge in [0.25, 0.3) is 5.88 Å². The van der Waals surface area contributed by atoms with Crippen LogP contribution in [-0.4, -0.2) is 29.3 Å². The van der Waals surface area contributed by atoms with Gasteiger partial charge in [-0.1, -0.05) is 0 Å². The monoisotopic (exact) mass is 194 g/mol. The maximum Gasteiger partial charge on any atom is 0.257 e. The smallest absolute Gasteiger partial charge is 0.257 e. The van der Waals surface area contributed by atoms with E-state index in [2.05, 4.69) is 10.3 Å². The molecule has 0 radical (unpaired) electrons. The van der Waals surface area contributed by atoms with Gasteiger partial charge in [-0.2, -0.15) is 0 Å². The number of rotatable bonds is 2. The minimum atomic E-state index is 0.109. The zero-order chi connectivity index (χ0) is 9.80. The lowest BCUT2D eigenvalue weighted by Crippen LogP contribution is -2.37. The molecule has 0 spiro atoms. The molecule has 0 bridgehead atoms. The summed E-state index contributed by atoms with van der Waals surface area (Å²) in [7, 11) is 0. The number of hydrogen-bond acceptors (Lipinski definition) is 4. The lowest BCUT2D eigenvalue weighted by atomic mass is 10.1. The van der Waals surface area contributed by atoms with Crippen LogP contribution < -0.4 is 10.1 Å². The largest absolute Gasteiger partial charge is 0.503 e. The van der Waals surface area contributed by atoms with Gasteiger partial charge in [0.1, 0.15) is 6.10 Å². The molecule has 1 fully saturated rings. The Bertz CT molecular complexity index is 298. The molecule has 1 aliphatic rings. The summed E-state index contributed by atoms with van der Waals surface area (Å²) in [6.45, 7) is 1.88. The summed E-state index contributed by atoms with van der Waals surface area (Å²) in [5.41, 5.74) is 0. The van der Waals surface area contributed by atoms with E-state index in [1.807, 2.05) is 0 Å². The van der Waals surface area contributed by atoms with Crippen molar-refractivity contribution in [2.24, 2.45) is 0 Å². The number of aromatic hydroxyl groups is 1. The molecule has 1 aromatic rings. The first-order valence-electron chi connectivity index (χ1n) is 4.87. The first-order valence-corrected chi connectivity index (χ1v) is 4.87. The Morgan fingerprint density at radius 3 is 3.21 bits per heavy atom. The van der Waals surface area contributed by atoms with Crippen LogP contribution in [0.25, 0.3) is 0 Å². The minimum Gasteiger partial charge on any atom is -0.503 e. The van der Waals surface area contributed by atoms with Gasteiger partial charge in [0.05, 0.1) is 0 Å². The van der Waals surface area contributed by atoms with Crippen molar-refractivity contribution in [2.75, 3.05) is 13.1 Å². The molecule has 76 valence electrons. The maximum atomic E-state index is 9.43. The van der Waals surface area contributed by atoms with Gasteiger partial charge in [0, 0.05) is 12.7 Å². The zero-order valence-electron chi connectivity index (χ0n) is 7.94. The molecule has 1 aliphatic heterocycles. The summed E-state index contributed by atoms with van der Waals surface area (Å²) in [6, 6.07) is 3.26. The number of nitrogens with zero attached hydrogens (tertiary/aromatic N) is 1. The molecule has 2 rings (SSSR count). The minimum absolute atomic E-state index is 0.109. The van der Waals surface area contributed by atoms with E-state index in [-0.39, 0.29) is 11.9 Å². The summed E-state index contributed by atoms with van der Waals surface area (Å²) in [5.74, 6) is 0.444.